The number of nitrogens with zero attached hydrogens (tertiary/aromatic N) is 2. The second-order valence-corrected chi connectivity index (χ2v) is 8.87. The third-order valence-corrected chi connectivity index (χ3v) is 7.28. The van der Waals surface area contributed by atoms with Gasteiger partial charge in [0.2, 0.25) is 10.0 Å². The standard InChI is InChI=1S/C21H25N3O4S/c1-3-24-19-14-16(27-2)6-9-18(19)20(22)21(24)15-4-7-17(8-5-15)29(25,26)23-10-12-28-13-11-23/h4-9,14H,3,10-13,22H2,1-2H3. The Labute approximate surface area is 170 Å². The number of nitrogen functional groups attached to an aromatic ring is 1. The first-order valence-electron chi connectivity index (χ1n) is 9.61. The number of morpholine rings is 1. The molecule has 7 nitrogen and oxygen atoms in total. The lowest BCUT2D eigenvalue weighted by Gasteiger charge is -2.26. The Morgan fingerprint density at radius 2 is 1.79 bits per heavy atom. The van der Waals surface area contributed by atoms with Gasteiger partial charge in [0.1, 0.15) is 5.75 Å². The molecule has 4 rings (SSSR count). The molecule has 1 fully saturated rings. The second-order valence-electron chi connectivity index (χ2n) is 6.93. The maximum absolute atomic E-state index is 12.9. The number of aryl methyl sites for hydroxylation is 1. The van der Waals surface area contributed by atoms with E-state index in [1.165, 1.54) is 4.31 Å². The van der Waals surface area contributed by atoms with Gasteiger partial charge in [-0.3, -0.25) is 0 Å². The van der Waals surface area contributed by atoms with Crippen LogP contribution in [-0.4, -0.2) is 50.7 Å². The molecule has 0 aliphatic carbocycles. The lowest BCUT2D eigenvalue weighted by molar-refractivity contribution is 0.0730. The van der Waals surface area contributed by atoms with Crippen LogP contribution in [0.15, 0.2) is 47.4 Å². The van der Waals surface area contributed by atoms with Gasteiger partial charge in [0.05, 0.1) is 42.1 Å². The number of ether oxygens (including phenoxy) is 2. The van der Waals surface area contributed by atoms with Crippen molar-refractivity contribution in [3.05, 3.63) is 42.5 Å². The first-order valence-corrected chi connectivity index (χ1v) is 11.1. The molecule has 2 aromatic carbocycles. The van der Waals surface area contributed by atoms with Crippen molar-refractivity contribution in [3.8, 4) is 17.0 Å². The number of methoxy groups -OCH3 is 1. The van der Waals surface area contributed by atoms with Crippen LogP contribution >= 0.6 is 0 Å². The molecule has 0 unspecified atom stereocenters. The van der Waals surface area contributed by atoms with Gasteiger partial charge in [0.15, 0.2) is 0 Å². The molecule has 0 bridgehead atoms. The molecule has 0 radical (unpaired) electrons. The second kappa shape index (κ2) is 7.70. The summed E-state index contributed by atoms with van der Waals surface area (Å²) in [5.74, 6) is 0.767. The monoisotopic (exact) mass is 415 g/mol. The summed E-state index contributed by atoms with van der Waals surface area (Å²) in [5, 5.41) is 0.952. The van der Waals surface area contributed by atoms with E-state index in [9.17, 15) is 8.42 Å². The van der Waals surface area contributed by atoms with Gasteiger partial charge in [-0.05, 0) is 31.2 Å². The summed E-state index contributed by atoms with van der Waals surface area (Å²) in [6.07, 6.45) is 0. The Bertz CT molecular complexity index is 1130. The summed E-state index contributed by atoms with van der Waals surface area (Å²) in [6.45, 7) is 4.39. The number of aromatic nitrogens is 1. The van der Waals surface area contributed by atoms with Crippen LogP contribution in [0.2, 0.25) is 0 Å². The van der Waals surface area contributed by atoms with Crippen molar-refractivity contribution in [1.82, 2.24) is 8.87 Å². The Kier molecular flexibility index (Phi) is 5.24. The van der Waals surface area contributed by atoms with E-state index in [2.05, 4.69) is 11.5 Å². The number of anilines is 1. The molecule has 154 valence electrons. The van der Waals surface area contributed by atoms with Crippen molar-refractivity contribution in [2.24, 2.45) is 0 Å². The summed E-state index contributed by atoms with van der Waals surface area (Å²) >= 11 is 0. The molecule has 0 atom stereocenters. The number of benzene rings is 2. The van der Waals surface area contributed by atoms with E-state index in [0.29, 0.717) is 32.0 Å². The van der Waals surface area contributed by atoms with E-state index >= 15 is 0 Å². The van der Waals surface area contributed by atoms with Gasteiger partial charge in [0, 0.05) is 36.7 Å². The minimum Gasteiger partial charge on any atom is -0.497 e. The van der Waals surface area contributed by atoms with Crippen molar-refractivity contribution < 1.29 is 17.9 Å². The highest BCUT2D eigenvalue weighted by atomic mass is 32.2. The van der Waals surface area contributed by atoms with Gasteiger partial charge < -0.3 is 19.8 Å². The molecule has 1 aromatic heterocycles. The van der Waals surface area contributed by atoms with Crippen molar-refractivity contribution in [2.75, 3.05) is 39.1 Å². The molecule has 1 aliphatic rings. The van der Waals surface area contributed by atoms with Crippen LogP contribution < -0.4 is 10.5 Å². The maximum Gasteiger partial charge on any atom is 0.243 e. The van der Waals surface area contributed by atoms with Crippen molar-refractivity contribution in [1.29, 1.82) is 0 Å². The predicted molar refractivity (Wildman–Crippen MR) is 114 cm³/mol. The Balaban J connectivity index is 1.76. The largest absolute Gasteiger partial charge is 0.497 e. The fourth-order valence-corrected chi connectivity index (χ4v) is 5.25. The molecular formula is C21H25N3O4S. The molecule has 2 heterocycles. The third-order valence-electron chi connectivity index (χ3n) is 5.36. The zero-order chi connectivity index (χ0) is 20.6. The van der Waals surface area contributed by atoms with Crippen LogP contribution in [0, 0.1) is 0 Å². The molecule has 0 amide bonds. The lowest BCUT2D eigenvalue weighted by Crippen LogP contribution is -2.40. The number of hydrogen-bond acceptors (Lipinski definition) is 5. The van der Waals surface area contributed by atoms with E-state index in [-0.39, 0.29) is 4.90 Å². The summed E-state index contributed by atoms with van der Waals surface area (Å²) in [6, 6.07) is 12.8. The van der Waals surface area contributed by atoms with Crippen LogP contribution in [0.4, 0.5) is 5.69 Å². The third kappa shape index (κ3) is 3.37. The highest BCUT2D eigenvalue weighted by Gasteiger charge is 2.26. The normalized spacial score (nSPS) is 15.7. The van der Waals surface area contributed by atoms with Gasteiger partial charge in [-0.2, -0.15) is 4.31 Å². The minimum absolute atomic E-state index is 0.280. The van der Waals surface area contributed by atoms with E-state index in [0.717, 1.165) is 34.5 Å². The van der Waals surface area contributed by atoms with Crippen LogP contribution in [0.5, 0.6) is 5.75 Å². The molecular weight excluding hydrogens is 390 g/mol. The number of nitrogens with two attached hydrogens (primary N) is 1. The Morgan fingerprint density at radius 1 is 1.10 bits per heavy atom. The average molecular weight is 416 g/mol. The highest BCUT2D eigenvalue weighted by Crippen LogP contribution is 2.38. The Hall–Kier alpha value is -2.55. The van der Waals surface area contributed by atoms with Gasteiger partial charge >= 0.3 is 0 Å². The van der Waals surface area contributed by atoms with Gasteiger partial charge in [-0.25, -0.2) is 8.42 Å². The highest BCUT2D eigenvalue weighted by molar-refractivity contribution is 7.89. The zero-order valence-corrected chi connectivity index (χ0v) is 17.4. The molecule has 1 saturated heterocycles. The van der Waals surface area contributed by atoms with E-state index in [1.54, 1.807) is 19.2 Å². The summed E-state index contributed by atoms with van der Waals surface area (Å²) in [5.41, 5.74) is 9.90. The van der Waals surface area contributed by atoms with Gasteiger partial charge in [-0.15, -0.1) is 0 Å². The zero-order valence-electron chi connectivity index (χ0n) is 16.6. The van der Waals surface area contributed by atoms with Gasteiger partial charge in [-0.1, -0.05) is 12.1 Å². The number of hydrogen-bond donors (Lipinski definition) is 1. The molecule has 2 N–H and O–H groups in total. The summed E-state index contributed by atoms with van der Waals surface area (Å²) < 4.78 is 39.9. The topological polar surface area (TPSA) is 86.8 Å². The van der Waals surface area contributed by atoms with Crippen LogP contribution in [0.25, 0.3) is 22.2 Å². The van der Waals surface area contributed by atoms with Gasteiger partial charge in [0.25, 0.3) is 0 Å². The minimum atomic E-state index is -3.52. The molecule has 1 aliphatic heterocycles. The van der Waals surface area contributed by atoms with E-state index in [4.69, 9.17) is 15.2 Å². The molecule has 29 heavy (non-hydrogen) atoms. The van der Waals surface area contributed by atoms with Crippen LogP contribution in [0.3, 0.4) is 0 Å². The first kappa shape index (κ1) is 19.8. The quantitative estimate of drug-likeness (QED) is 0.692. The van der Waals surface area contributed by atoms with Crippen molar-refractivity contribution in [2.45, 2.75) is 18.4 Å². The fraction of sp³-hybridized carbons (Fsp3) is 0.333. The average Bonchev–Trinajstić information content (AvgIpc) is 3.05. The van der Waals surface area contributed by atoms with E-state index < -0.39 is 10.0 Å². The lowest BCUT2D eigenvalue weighted by atomic mass is 10.1. The molecule has 3 aromatic rings. The number of rotatable bonds is 5. The molecule has 8 heteroatoms. The fourth-order valence-electron chi connectivity index (χ4n) is 3.84. The predicted octanol–water partition coefficient (Wildman–Crippen LogP) is 2.94. The first-order chi connectivity index (χ1) is 14.0. The smallest absolute Gasteiger partial charge is 0.243 e. The SMILES string of the molecule is CCn1c(-c2ccc(S(=O)(=O)N3CCOCC3)cc2)c(N)c2ccc(OC)cc21. The summed E-state index contributed by atoms with van der Waals surface area (Å²) in [7, 11) is -1.88. The number of fused-ring (bicyclic) bond motifs is 1. The maximum atomic E-state index is 12.9. The molecule has 0 spiro atoms. The van der Waals surface area contributed by atoms with E-state index in [1.807, 2.05) is 30.3 Å². The van der Waals surface area contributed by atoms with Crippen molar-refractivity contribution in [3.63, 3.8) is 0 Å². The van der Waals surface area contributed by atoms with Crippen molar-refractivity contribution >= 4 is 26.6 Å². The Morgan fingerprint density at radius 3 is 2.41 bits per heavy atom. The summed E-state index contributed by atoms with van der Waals surface area (Å²) in [4.78, 5) is 0.280. The van der Waals surface area contributed by atoms with Crippen LogP contribution in [-0.2, 0) is 21.3 Å². The number of sulfonamides is 1. The van der Waals surface area contributed by atoms with Crippen LogP contribution in [0.1, 0.15) is 6.92 Å². The molecule has 0 saturated carbocycles.